The Bertz CT molecular complexity index is 1170. The summed E-state index contributed by atoms with van der Waals surface area (Å²) in [6, 6.07) is 8.85. The number of hydrogen-bond donors (Lipinski definition) is 2. The minimum atomic E-state index is -4.39. The summed E-state index contributed by atoms with van der Waals surface area (Å²) in [6.45, 7) is 5.28. The van der Waals surface area contributed by atoms with Crippen LogP contribution >= 0.6 is 0 Å². The van der Waals surface area contributed by atoms with Crippen LogP contribution in [0.4, 0.5) is 19.0 Å². The standard InChI is InChI=1S/C24H25F3N4O/c1-14(17-5-4-6-18(11-17)24(25,26)27)29-23-20-12-19(16-7-9-28-10-8-16)22(32-3)13-21(20)30-15(2)31-23/h4-7,11-14,28H,8-10H2,1-3H3,(H,29,30,31)/t14-/m1/s1. The summed E-state index contributed by atoms with van der Waals surface area (Å²) in [5.74, 6) is 1.88. The molecule has 4 rings (SSSR count). The van der Waals surface area contributed by atoms with Gasteiger partial charge in [-0.05, 0) is 56.1 Å². The monoisotopic (exact) mass is 442 g/mol. The quantitative estimate of drug-likeness (QED) is 0.545. The molecule has 0 bridgehead atoms. The molecule has 2 aromatic carbocycles. The Morgan fingerprint density at radius 3 is 2.66 bits per heavy atom. The average molecular weight is 442 g/mol. The zero-order chi connectivity index (χ0) is 22.9. The fraction of sp³-hybridized carbons (Fsp3) is 0.333. The van der Waals surface area contributed by atoms with Crippen LogP contribution in [0.2, 0.25) is 0 Å². The zero-order valence-electron chi connectivity index (χ0n) is 18.2. The molecule has 0 spiro atoms. The zero-order valence-corrected chi connectivity index (χ0v) is 18.2. The SMILES string of the molecule is COc1cc2nc(C)nc(N[C@H](C)c3cccc(C(F)(F)F)c3)c2cc1C1=CCNCC1. The molecule has 0 aliphatic carbocycles. The van der Waals surface area contributed by atoms with E-state index in [0.29, 0.717) is 22.7 Å². The van der Waals surface area contributed by atoms with Crippen LogP contribution in [0.15, 0.2) is 42.5 Å². The van der Waals surface area contributed by atoms with Gasteiger partial charge in [0, 0.05) is 29.6 Å². The summed E-state index contributed by atoms with van der Waals surface area (Å²) in [4.78, 5) is 9.11. The Hall–Kier alpha value is -3.13. The number of halogens is 3. The molecule has 2 N–H and O–H groups in total. The maximum absolute atomic E-state index is 13.1. The molecule has 0 amide bonds. The van der Waals surface area contributed by atoms with Crippen LogP contribution < -0.4 is 15.4 Å². The van der Waals surface area contributed by atoms with Gasteiger partial charge in [-0.15, -0.1) is 0 Å². The van der Waals surface area contributed by atoms with Crippen molar-refractivity contribution in [1.29, 1.82) is 0 Å². The molecule has 2 heterocycles. The van der Waals surface area contributed by atoms with E-state index in [2.05, 4.69) is 26.7 Å². The molecule has 8 heteroatoms. The second-order valence-corrected chi connectivity index (χ2v) is 7.86. The van der Waals surface area contributed by atoms with Gasteiger partial charge in [0.25, 0.3) is 0 Å². The van der Waals surface area contributed by atoms with Gasteiger partial charge in [0.05, 0.1) is 18.2 Å². The first-order valence-corrected chi connectivity index (χ1v) is 10.5. The van der Waals surface area contributed by atoms with Crippen LogP contribution in [0, 0.1) is 6.92 Å². The maximum atomic E-state index is 13.1. The number of nitrogens with zero attached hydrogens (tertiary/aromatic N) is 2. The van der Waals surface area contributed by atoms with Crippen LogP contribution in [0.5, 0.6) is 5.75 Å². The first-order chi connectivity index (χ1) is 15.3. The number of aryl methyl sites for hydroxylation is 1. The Balaban J connectivity index is 1.76. The van der Waals surface area contributed by atoms with Gasteiger partial charge >= 0.3 is 6.18 Å². The highest BCUT2D eigenvalue weighted by Gasteiger charge is 2.30. The molecule has 1 aliphatic heterocycles. The summed E-state index contributed by atoms with van der Waals surface area (Å²) < 4.78 is 45.1. The minimum absolute atomic E-state index is 0.390. The molecule has 32 heavy (non-hydrogen) atoms. The number of alkyl halides is 3. The van der Waals surface area contributed by atoms with Gasteiger partial charge < -0.3 is 15.4 Å². The lowest BCUT2D eigenvalue weighted by Crippen LogP contribution is -2.20. The van der Waals surface area contributed by atoms with E-state index in [1.54, 1.807) is 20.1 Å². The van der Waals surface area contributed by atoms with Gasteiger partial charge in [-0.3, -0.25) is 0 Å². The fourth-order valence-electron chi connectivity index (χ4n) is 3.94. The van der Waals surface area contributed by atoms with Gasteiger partial charge in [-0.2, -0.15) is 13.2 Å². The van der Waals surface area contributed by atoms with Gasteiger partial charge in [-0.1, -0.05) is 18.2 Å². The second kappa shape index (κ2) is 8.78. The highest BCUT2D eigenvalue weighted by molar-refractivity contribution is 5.94. The lowest BCUT2D eigenvalue weighted by Gasteiger charge is -2.20. The minimum Gasteiger partial charge on any atom is -0.496 e. The molecule has 168 valence electrons. The number of rotatable bonds is 5. The van der Waals surface area contributed by atoms with Crippen molar-refractivity contribution >= 4 is 22.3 Å². The maximum Gasteiger partial charge on any atom is 0.416 e. The summed E-state index contributed by atoms with van der Waals surface area (Å²) in [6.07, 6.45) is -1.37. The van der Waals surface area contributed by atoms with E-state index in [1.807, 2.05) is 19.1 Å². The molecule has 0 saturated heterocycles. The van der Waals surface area contributed by atoms with E-state index in [-0.39, 0.29) is 0 Å². The Kier molecular flexibility index (Phi) is 6.06. The summed E-state index contributed by atoms with van der Waals surface area (Å²) in [5, 5.41) is 7.40. The van der Waals surface area contributed by atoms with E-state index >= 15 is 0 Å². The molecule has 1 atom stereocenters. The number of methoxy groups -OCH3 is 1. The van der Waals surface area contributed by atoms with E-state index in [4.69, 9.17) is 4.74 Å². The molecular weight excluding hydrogens is 417 g/mol. The number of anilines is 1. The lowest BCUT2D eigenvalue weighted by atomic mass is 9.97. The van der Waals surface area contributed by atoms with Crippen LogP contribution in [0.25, 0.3) is 16.5 Å². The second-order valence-electron chi connectivity index (χ2n) is 7.86. The van der Waals surface area contributed by atoms with Crippen LogP contribution in [-0.4, -0.2) is 30.2 Å². The van der Waals surface area contributed by atoms with Crippen molar-refractivity contribution < 1.29 is 17.9 Å². The van der Waals surface area contributed by atoms with Gasteiger partial charge in [0.2, 0.25) is 0 Å². The first kappa shape index (κ1) is 22.1. The molecule has 1 aromatic heterocycles. The molecular formula is C24H25F3N4O. The summed E-state index contributed by atoms with van der Waals surface area (Å²) >= 11 is 0. The molecule has 0 saturated carbocycles. The smallest absolute Gasteiger partial charge is 0.416 e. The predicted molar refractivity (Wildman–Crippen MR) is 120 cm³/mol. The number of nitrogens with one attached hydrogen (secondary N) is 2. The highest BCUT2D eigenvalue weighted by atomic mass is 19.4. The van der Waals surface area contributed by atoms with E-state index in [9.17, 15) is 13.2 Å². The van der Waals surface area contributed by atoms with Crippen molar-refractivity contribution in [3.63, 3.8) is 0 Å². The number of fused-ring (bicyclic) bond motifs is 1. The third-order valence-corrected chi connectivity index (χ3v) is 5.61. The van der Waals surface area contributed by atoms with E-state index in [1.165, 1.54) is 17.7 Å². The number of aromatic nitrogens is 2. The molecule has 1 aliphatic rings. The van der Waals surface area contributed by atoms with Crippen molar-refractivity contribution in [2.75, 3.05) is 25.5 Å². The number of hydrogen-bond acceptors (Lipinski definition) is 5. The van der Waals surface area contributed by atoms with Gasteiger partial charge in [0.15, 0.2) is 0 Å². The molecule has 0 fully saturated rings. The van der Waals surface area contributed by atoms with Crippen molar-refractivity contribution in [2.45, 2.75) is 32.5 Å². The highest BCUT2D eigenvalue weighted by Crippen LogP contribution is 2.36. The Morgan fingerprint density at radius 1 is 1.16 bits per heavy atom. The third kappa shape index (κ3) is 4.55. The fourth-order valence-corrected chi connectivity index (χ4v) is 3.94. The summed E-state index contributed by atoms with van der Waals surface area (Å²) in [7, 11) is 1.63. The van der Waals surface area contributed by atoms with Crippen LogP contribution in [0.1, 0.15) is 41.9 Å². The van der Waals surface area contributed by atoms with Crippen molar-refractivity contribution in [1.82, 2.24) is 15.3 Å². The van der Waals surface area contributed by atoms with Crippen LogP contribution in [0.3, 0.4) is 0 Å². The average Bonchev–Trinajstić information content (AvgIpc) is 2.78. The van der Waals surface area contributed by atoms with Crippen molar-refractivity contribution in [3.8, 4) is 5.75 Å². The summed E-state index contributed by atoms with van der Waals surface area (Å²) in [5.41, 5.74) is 2.73. The topological polar surface area (TPSA) is 59.1 Å². The molecule has 5 nitrogen and oxygen atoms in total. The molecule has 3 aromatic rings. The van der Waals surface area contributed by atoms with Crippen molar-refractivity contribution in [3.05, 3.63) is 65.0 Å². The Labute approximate surface area is 184 Å². The van der Waals surface area contributed by atoms with Gasteiger partial charge in [0.1, 0.15) is 17.4 Å². The largest absolute Gasteiger partial charge is 0.496 e. The van der Waals surface area contributed by atoms with Gasteiger partial charge in [-0.25, -0.2) is 9.97 Å². The first-order valence-electron chi connectivity index (χ1n) is 10.5. The molecule has 0 unspecified atom stereocenters. The Morgan fingerprint density at radius 2 is 1.97 bits per heavy atom. The van der Waals surface area contributed by atoms with E-state index < -0.39 is 17.8 Å². The predicted octanol–water partition coefficient (Wildman–Crippen LogP) is 5.52. The lowest BCUT2D eigenvalue weighted by molar-refractivity contribution is -0.137. The number of ether oxygens (including phenoxy) is 1. The van der Waals surface area contributed by atoms with Crippen LogP contribution in [-0.2, 0) is 6.18 Å². The molecule has 0 radical (unpaired) electrons. The third-order valence-electron chi connectivity index (χ3n) is 5.61. The number of benzene rings is 2. The van der Waals surface area contributed by atoms with Crippen molar-refractivity contribution in [2.24, 2.45) is 0 Å². The normalized spacial score (nSPS) is 15.4. The van der Waals surface area contributed by atoms with E-state index in [0.717, 1.165) is 42.3 Å².